The van der Waals surface area contributed by atoms with E-state index in [1.807, 2.05) is 23.5 Å². The highest BCUT2D eigenvalue weighted by Crippen LogP contribution is 2.44. The number of thioether (sulfide) groups is 1. The molecule has 0 spiro atoms. The van der Waals surface area contributed by atoms with Crippen LogP contribution in [0.5, 0.6) is 11.5 Å². The molecule has 3 aliphatic rings. The number of ether oxygens (including phenoxy) is 2. The number of aryl methyl sites for hydroxylation is 1. The Balaban J connectivity index is 1.24. The molecule has 8 heteroatoms. The molecule has 0 saturated heterocycles. The van der Waals surface area contributed by atoms with Crippen molar-refractivity contribution >= 4 is 44.9 Å². The standard InChI is InChI=1S/C23H23N3O3S2/c1-12-2-6-15-18(8-12)31-23-20(15)22(25-21(26-23)13-3-4-13)30-10-19(27)24-14-5-7-16-17(9-14)29-11-28-16/h5,7,9,12-13H,2-4,6,8,10-11H2,1H3,(H,24,27)/t12-/m0/s1. The average Bonchev–Trinajstić information content (AvgIpc) is 3.39. The molecule has 1 aromatic carbocycles. The van der Waals surface area contributed by atoms with E-state index in [-0.39, 0.29) is 12.7 Å². The molecule has 1 atom stereocenters. The van der Waals surface area contributed by atoms with E-state index in [0.29, 0.717) is 28.9 Å². The predicted molar refractivity (Wildman–Crippen MR) is 122 cm³/mol. The molecule has 6 nitrogen and oxygen atoms in total. The highest BCUT2D eigenvalue weighted by atomic mass is 32.2. The first-order chi connectivity index (χ1) is 15.1. The van der Waals surface area contributed by atoms with Crippen LogP contribution in [-0.2, 0) is 17.6 Å². The second kappa shape index (κ2) is 7.67. The van der Waals surface area contributed by atoms with Crippen molar-refractivity contribution < 1.29 is 14.3 Å². The summed E-state index contributed by atoms with van der Waals surface area (Å²) in [5.74, 6) is 3.80. The topological polar surface area (TPSA) is 73.3 Å². The number of carbonyl (C=O) groups excluding carboxylic acids is 1. The van der Waals surface area contributed by atoms with Crippen molar-refractivity contribution in [1.82, 2.24) is 9.97 Å². The summed E-state index contributed by atoms with van der Waals surface area (Å²) in [7, 11) is 0. The molecule has 6 rings (SSSR count). The zero-order chi connectivity index (χ0) is 20.9. The fraction of sp³-hybridized carbons (Fsp3) is 0.435. The Morgan fingerprint density at radius 1 is 1.23 bits per heavy atom. The van der Waals surface area contributed by atoms with Gasteiger partial charge in [0.05, 0.1) is 5.75 Å². The second-order valence-corrected chi connectivity index (χ2v) is 10.6. The monoisotopic (exact) mass is 453 g/mol. The van der Waals surface area contributed by atoms with Crippen LogP contribution in [0.1, 0.15) is 48.4 Å². The Hall–Kier alpha value is -2.32. The number of hydrogen-bond donors (Lipinski definition) is 1. The van der Waals surface area contributed by atoms with Gasteiger partial charge in [0.1, 0.15) is 15.7 Å². The van der Waals surface area contributed by atoms with Crippen LogP contribution >= 0.6 is 23.1 Å². The lowest BCUT2D eigenvalue weighted by Crippen LogP contribution is -2.14. The van der Waals surface area contributed by atoms with Crippen molar-refractivity contribution in [3.05, 3.63) is 34.5 Å². The van der Waals surface area contributed by atoms with E-state index in [0.717, 1.165) is 34.4 Å². The fourth-order valence-electron chi connectivity index (χ4n) is 4.26. The van der Waals surface area contributed by atoms with Crippen molar-refractivity contribution in [2.24, 2.45) is 5.92 Å². The van der Waals surface area contributed by atoms with E-state index in [9.17, 15) is 4.79 Å². The van der Waals surface area contributed by atoms with Gasteiger partial charge in [-0.3, -0.25) is 4.79 Å². The Morgan fingerprint density at radius 3 is 2.97 bits per heavy atom. The minimum atomic E-state index is -0.0543. The number of rotatable bonds is 5. The highest BCUT2D eigenvalue weighted by Gasteiger charge is 2.30. The molecule has 0 bridgehead atoms. The normalized spacial score (nSPS) is 19.5. The first-order valence-corrected chi connectivity index (χ1v) is 12.6. The number of aromatic nitrogens is 2. The van der Waals surface area contributed by atoms with Crippen molar-refractivity contribution in [3.8, 4) is 11.5 Å². The van der Waals surface area contributed by atoms with Crippen LogP contribution in [0.3, 0.4) is 0 Å². The van der Waals surface area contributed by atoms with Crippen LogP contribution in [0.4, 0.5) is 5.69 Å². The summed E-state index contributed by atoms with van der Waals surface area (Å²) in [4.78, 5) is 25.1. The van der Waals surface area contributed by atoms with Gasteiger partial charge >= 0.3 is 0 Å². The van der Waals surface area contributed by atoms with Crippen LogP contribution in [0, 0.1) is 5.92 Å². The van der Waals surface area contributed by atoms with Gasteiger partial charge in [-0.15, -0.1) is 11.3 Å². The summed E-state index contributed by atoms with van der Waals surface area (Å²) in [5.41, 5.74) is 2.13. The second-order valence-electron chi connectivity index (χ2n) is 8.60. The van der Waals surface area contributed by atoms with Crippen LogP contribution in [0.2, 0.25) is 0 Å². The number of benzene rings is 1. The van der Waals surface area contributed by atoms with Gasteiger partial charge in [-0.05, 0) is 55.7 Å². The molecule has 2 aliphatic carbocycles. The number of nitrogens with zero attached hydrogens (tertiary/aromatic N) is 2. The molecule has 2 aromatic heterocycles. The maximum Gasteiger partial charge on any atom is 0.234 e. The van der Waals surface area contributed by atoms with Crippen molar-refractivity contribution in [2.75, 3.05) is 17.9 Å². The highest BCUT2D eigenvalue weighted by molar-refractivity contribution is 8.00. The Morgan fingerprint density at radius 2 is 2.10 bits per heavy atom. The Bertz CT molecular complexity index is 1190. The first kappa shape index (κ1) is 19.4. The van der Waals surface area contributed by atoms with E-state index in [1.54, 1.807) is 6.07 Å². The van der Waals surface area contributed by atoms with Crippen molar-refractivity contribution in [3.63, 3.8) is 0 Å². The first-order valence-electron chi connectivity index (χ1n) is 10.8. The van der Waals surface area contributed by atoms with E-state index in [2.05, 4.69) is 12.2 Å². The van der Waals surface area contributed by atoms with E-state index >= 15 is 0 Å². The molecule has 1 N–H and O–H groups in total. The summed E-state index contributed by atoms with van der Waals surface area (Å²) in [6.45, 7) is 2.55. The third-order valence-corrected chi connectivity index (χ3v) is 8.20. The van der Waals surface area contributed by atoms with Crippen molar-refractivity contribution in [2.45, 2.75) is 50.0 Å². The summed E-state index contributed by atoms with van der Waals surface area (Å²) in [6.07, 6.45) is 5.76. The lowest BCUT2D eigenvalue weighted by atomic mass is 9.89. The van der Waals surface area contributed by atoms with Gasteiger partial charge < -0.3 is 14.8 Å². The third-order valence-electron chi connectivity index (χ3n) is 6.08. The SMILES string of the molecule is C[C@H]1CCc2c(sc3nc(C4CC4)nc(SCC(=O)Nc4ccc5c(c4)OCO5)c23)C1. The number of fused-ring (bicyclic) bond motifs is 4. The number of amides is 1. The Kier molecular flexibility index (Phi) is 4.79. The summed E-state index contributed by atoms with van der Waals surface area (Å²) >= 11 is 3.36. The van der Waals surface area contributed by atoms with Crippen LogP contribution in [0.25, 0.3) is 10.2 Å². The molecule has 3 aromatic rings. The molecule has 1 aliphatic heterocycles. The number of thiophene rings is 1. The third kappa shape index (κ3) is 3.76. The molecular formula is C23H23N3O3S2. The van der Waals surface area contributed by atoms with E-state index in [1.165, 1.54) is 46.9 Å². The predicted octanol–water partition coefficient (Wildman–Crippen LogP) is 5.15. The number of carbonyl (C=O) groups is 1. The van der Waals surface area contributed by atoms with E-state index in [4.69, 9.17) is 19.4 Å². The summed E-state index contributed by atoms with van der Waals surface area (Å²) in [5, 5.41) is 5.13. The maximum absolute atomic E-state index is 12.7. The average molecular weight is 454 g/mol. The molecule has 0 radical (unpaired) electrons. The maximum atomic E-state index is 12.7. The molecule has 0 unspecified atom stereocenters. The minimum Gasteiger partial charge on any atom is -0.454 e. The van der Waals surface area contributed by atoms with Crippen LogP contribution in [0.15, 0.2) is 23.2 Å². The van der Waals surface area contributed by atoms with Crippen molar-refractivity contribution in [1.29, 1.82) is 0 Å². The van der Waals surface area contributed by atoms with Crippen LogP contribution in [-0.4, -0.2) is 28.4 Å². The molecule has 160 valence electrons. The quantitative estimate of drug-likeness (QED) is 0.425. The van der Waals surface area contributed by atoms with E-state index < -0.39 is 0 Å². The summed E-state index contributed by atoms with van der Waals surface area (Å²) in [6, 6.07) is 5.45. The van der Waals surface area contributed by atoms with Gasteiger partial charge in [-0.1, -0.05) is 18.7 Å². The number of hydrogen-bond acceptors (Lipinski definition) is 7. The van der Waals surface area contributed by atoms with Gasteiger partial charge in [0, 0.05) is 27.9 Å². The fourth-order valence-corrected chi connectivity index (χ4v) is 6.58. The lowest BCUT2D eigenvalue weighted by molar-refractivity contribution is -0.113. The summed E-state index contributed by atoms with van der Waals surface area (Å²) < 4.78 is 10.7. The lowest BCUT2D eigenvalue weighted by Gasteiger charge is -2.18. The number of anilines is 1. The van der Waals surface area contributed by atoms with Gasteiger partial charge in [0.15, 0.2) is 11.5 Å². The molecular weight excluding hydrogens is 430 g/mol. The Labute approximate surface area is 188 Å². The minimum absolute atomic E-state index is 0.0543. The molecule has 1 fully saturated rings. The largest absolute Gasteiger partial charge is 0.454 e. The molecule has 31 heavy (non-hydrogen) atoms. The smallest absolute Gasteiger partial charge is 0.234 e. The molecule has 1 saturated carbocycles. The van der Waals surface area contributed by atoms with Gasteiger partial charge in [-0.25, -0.2) is 9.97 Å². The van der Waals surface area contributed by atoms with Gasteiger partial charge in [-0.2, -0.15) is 0 Å². The molecule has 3 heterocycles. The van der Waals surface area contributed by atoms with Crippen LogP contribution < -0.4 is 14.8 Å². The zero-order valence-corrected chi connectivity index (χ0v) is 18.9. The zero-order valence-electron chi connectivity index (χ0n) is 17.3. The number of nitrogens with one attached hydrogen (secondary N) is 1. The van der Waals surface area contributed by atoms with Gasteiger partial charge in [0.2, 0.25) is 12.7 Å². The molecule has 1 amide bonds. The van der Waals surface area contributed by atoms with Gasteiger partial charge in [0.25, 0.3) is 0 Å².